The zero-order valence-corrected chi connectivity index (χ0v) is 10.3. The first-order valence-electron chi connectivity index (χ1n) is 5.33. The predicted octanol–water partition coefficient (Wildman–Crippen LogP) is 3.26. The summed E-state index contributed by atoms with van der Waals surface area (Å²) < 4.78 is 0. The smallest absolute Gasteiger partial charge is 0.338 e. The topological polar surface area (TPSA) is 63.3 Å². The molecule has 0 spiro atoms. The number of rotatable bonds is 3. The van der Waals surface area contributed by atoms with Gasteiger partial charge in [0.2, 0.25) is 0 Å². The molecular formula is C13H13NO2S. The van der Waals surface area contributed by atoms with Crippen LogP contribution in [0.25, 0.3) is 10.4 Å². The van der Waals surface area contributed by atoms with E-state index in [1.165, 1.54) is 16.9 Å². The Morgan fingerprint density at radius 3 is 2.47 bits per heavy atom. The molecule has 0 bridgehead atoms. The molecular weight excluding hydrogens is 234 g/mol. The normalized spacial score (nSPS) is 10.4. The van der Waals surface area contributed by atoms with E-state index in [-0.39, 0.29) is 5.56 Å². The molecule has 3 nitrogen and oxygen atoms in total. The standard InChI is InChI=1S/C13H13NO2S/c1-2-8-3-5-9(6-4-8)11-7-10(13(15)16)12(14)17-11/h3-7H,2,14H2,1H3,(H,15,16). The van der Waals surface area contributed by atoms with E-state index in [2.05, 4.69) is 6.92 Å². The molecule has 0 unspecified atom stereocenters. The number of carbonyl (C=O) groups is 1. The summed E-state index contributed by atoms with van der Waals surface area (Å²) in [6, 6.07) is 9.71. The Morgan fingerprint density at radius 2 is 2.00 bits per heavy atom. The summed E-state index contributed by atoms with van der Waals surface area (Å²) in [7, 11) is 0. The van der Waals surface area contributed by atoms with E-state index >= 15 is 0 Å². The second kappa shape index (κ2) is 4.59. The molecule has 88 valence electrons. The van der Waals surface area contributed by atoms with Gasteiger partial charge in [-0.3, -0.25) is 0 Å². The van der Waals surface area contributed by atoms with Crippen LogP contribution in [0.5, 0.6) is 0 Å². The molecule has 1 heterocycles. The van der Waals surface area contributed by atoms with Gasteiger partial charge in [-0.25, -0.2) is 4.79 Å². The van der Waals surface area contributed by atoms with Crippen LogP contribution in [-0.2, 0) is 6.42 Å². The summed E-state index contributed by atoms with van der Waals surface area (Å²) in [5.41, 5.74) is 8.12. The first-order valence-corrected chi connectivity index (χ1v) is 6.15. The molecule has 0 aliphatic heterocycles. The average Bonchev–Trinajstić information content (AvgIpc) is 2.71. The van der Waals surface area contributed by atoms with Gasteiger partial charge in [-0.2, -0.15) is 0 Å². The highest BCUT2D eigenvalue weighted by atomic mass is 32.1. The van der Waals surface area contributed by atoms with Gasteiger partial charge >= 0.3 is 5.97 Å². The minimum Gasteiger partial charge on any atom is -0.478 e. The van der Waals surface area contributed by atoms with Crippen LogP contribution in [0.2, 0.25) is 0 Å². The van der Waals surface area contributed by atoms with Crippen LogP contribution in [0, 0.1) is 0 Å². The molecule has 0 radical (unpaired) electrons. The largest absolute Gasteiger partial charge is 0.478 e. The fourth-order valence-corrected chi connectivity index (χ4v) is 2.54. The lowest BCUT2D eigenvalue weighted by Crippen LogP contribution is -1.97. The van der Waals surface area contributed by atoms with Gasteiger partial charge in [-0.05, 0) is 23.6 Å². The van der Waals surface area contributed by atoms with Crippen molar-refractivity contribution in [2.45, 2.75) is 13.3 Å². The number of benzene rings is 1. The molecule has 0 atom stereocenters. The number of hydrogen-bond donors (Lipinski definition) is 2. The third-order valence-electron chi connectivity index (χ3n) is 2.64. The molecule has 0 fully saturated rings. The van der Waals surface area contributed by atoms with Crippen LogP contribution in [-0.4, -0.2) is 11.1 Å². The molecule has 0 aliphatic carbocycles. The van der Waals surface area contributed by atoms with Crippen molar-refractivity contribution in [2.24, 2.45) is 0 Å². The van der Waals surface area contributed by atoms with Crippen molar-refractivity contribution in [3.8, 4) is 10.4 Å². The highest BCUT2D eigenvalue weighted by Crippen LogP contribution is 2.33. The van der Waals surface area contributed by atoms with Crippen molar-refractivity contribution in [1.82, 2.24) is 0 Å². The Bertz CT molecular complexity index is 543. The van der Waals surface area contributed by atoms with Gasteiger partial charge in [0.25, 0.3) is 0 Å². The van der Waals surface area contributed by atoms with E-state index in [0.717, 1.165) is 16.9 Å². The Balaban J connectivity index is 2.39. The molecule has 3 N–H and O–H groups in total. The van der Waals surface area contributed by atoms with Crippen LogP contribution in [0.15, 0.2) is 30.3 Å². The molecule has 0 aliphatic rings. The van der Waals surface area contributed by atoms with E-state index in [1.807, 2.05) is 24.3 Å². The lowest BCUT2D eigenvalue weighted by Gasteiger charge is -1.99. The van der Waals surface area contributed by atoms with Gasteiger partial charge in [0.1, 0.15) is 5.00 Å². The summed E-state index contributed by atoms with van der Waals surface area (Å²) in [6.07, 6.45) is 0.993. The molecule has 4 heteroatoms. The summed E-state index contributed by atoms with van der Waals surface area (Å²) in [6.45, 7) is 2.10. The summed E-state index contributed by atoms with van der Waals surface area (Å²) in [5.74, 6) is -0.977. The molecule has 2 rings (SSSR count). The number of carboxylic acid groups (broad SMARTS) is 1. The van der Waals surface area contributed by atoms with Crippen molar-refractivity contribution in [3.05, 3.63) is 41.5 Å². The fourth-order valence-electron chi connectivity index (χ4n) is 1.62. The van der Waals surface area contributed by atoms with Crippen molar-refractivity contribution in [2.75, 3.05) is 5.73 Å². The van der Waals surface area contributed by atoms with Gasteiger partial charge in [0.05, 0.1) is 5.56 Å². The molecule has 1 aromatic heterocycles. The highest BCUT2D eigenvalue weighted by molar-refractivity contribution is 7.19. The van der Waals surface area contributed by atoms with Gasteiger partial charge in [-0.15, -0.1) is 11.3 Å². The Morgan fingerprint density at radius 1 is 1.35 bits per heavy atom. The van der Waals surface area contributed by atoms with Crippen LogP contribution in [0.3, 0.4) is 0 Å². The molecule has 17 heavy (non-hydrogen) atoms. The average molecular weight is 247 g/mol. The third kappa shape index (κ3) is 2.31. The highest BCUT2D eigenvalue weighted by Gasteiger charge is 2.13. The summed E-state index contributed by atoms with van der Waals surface area (Å²) in [4.78, 5) is 11.8. The Kier molecular flexibility index (Phi) is 3.15. The fraction of sp³-hybridized carbons (Fsp3) is 0.154. The second-order valence-electron chi connectivity index (χ2n) is 3.74. The van der Waals surface area contributed by atoms with Crippen LogP contribution in [0.4, 0.5) is 5.00 Å². The minimum absolute atomic E-state index is 0.185. The quantitative estimate of drug-likeness (QED) is 0.875. The van der Waals surface area contributed by atoms with E-state index in [4.69, 9.17) is 10.8 Å². The number of anilines is 1. The number of aryl methyl sites for hydroxylation is 1. The number of nitrogen functional groups attached to an aromatic ring is 1. The SMILES string of the molecule is CCc1ccc(-c2cc(C(=O)O)c(N)s2)cc1. The van der Waals surface area contributed by atoms with E-state index in [0.29, 0.717) is 5.00 Å². The van der Waals surface area contributed by atoms with Crippen molar-refractivity contribution in [3.63, 3.8) is 0 Å². The number of carboxylic acids is 1. The number of hydrogen-bond acceptors (Lipinski definition) is 3. The lowest BCUT2D eigenvalue weighted by molar-refractivity contribution is 0.0698. The van der Waals surface area contributed by atoms with Crippen LogP contribution < -0.4 is 5.73 Å². The molecule has 0 saturated carbocycles. The number of thiophene rings is 1. The van der Waals surface area contributed by atoms with Crippen molar-refractivity contribution >= 4 is 22.3 Å². The van der Waals surface area contributed by atoms with Crippen molar-refractivity contribution in [1.29, 1.82) is 0 Å². The van der Waals surface area contributed by atoms with E-state index < -0.39 is 5.97 Å². The minimum atomic E-state index is -0.977. The van der Waals surface area contributed by atoms with Crippen molar-refractivity contribution < 1.29 is 9.90 Å². The second-order valence-corrected chi connectivity index (χ2v) is 4.83. The number of nitrogens with two attached hydrogens (primary N) is 1. The first kappa shape index (κ1) is 11.7. The Hall–Kier alpha value is -1.81. The number of aromatic carboxylic acids is 1. The summed E-state index contributed by atoms with van der Waals surface area (Å²) >= 11 is 1.31. The predicted molar refractivity (Wildman–Crippen MR) is 70.5 cm³/mol. The van der Waals surface area contributed by atoms with Gasteiger partial charge in [0, 0.05) is 4.88 Å². The molecule has 0 saturated heterocycles. The van der Waals surface area contributed by atoms with Crippen LogP contribution in [0.1, 0.15) is 22.8 Å². The zero-order chi connectivity index (χ0) is 12.4. The molecule has 1 aromatic carbocycles. The Labute approximate surface area is 104 Å². The zero-order valence-electron chi connectivity index (χ0n) is 9.43. The molecule has 2 aromatic rings. The van der Waals surface area contributed by atoms with Gasteiger partial charge < -0.3 is 10.8 Å². The van der Waals surface area contributed by atoms with Gasteiger partial charge in [0.15, 0.2) is 0 Å². The van der Waals surface area contributed by atoms with Gasteiger partial charge in [-0.1, -0.05) is 31.2 Å². The van der Waals surface area contributed by atoms with E-state index in [1.54, 1.807) is 6.07 Å². The maximum Gasteiger partial charge on any atom is 0.338 e. The maximum atomic E-state index is 10.9. The van der Waals surface area contributed by atoms with E-state index in [9.17, 15) is 4.79 Å². The first-order chi connectivity index (χ1) is 8.11. The maximum absolute atomic E-state index is 10.9. The lowest BCUT2D eigenvalue weighted by atomic mass is 10.1. The third-order valence-corrected chi connectivity index (χ3v) is 3.65. The molecule has 0 amide bonds. The summed E-state index contributed by atoms with van der Waals surface area (Å²) in [5, 5.41) is 9.29. The monoisotopic (exact) mass is 247 g/mol. The van der Waals surface area contributed by atoms with Crippen LogP contribution >= 0.6 is 11.3 Å².